The third-order valence-corrected chi connectivity index (χ3v) is 4.79. The molecule has 0 spiro atoms. The van der Waals surface area contributed by atoms with Gasteiger partial charge in [-0.05, 0) is 24.0 Å². The summed E-state index contributed by atoms with van der Waals surface area (Å²) in [6, 6.07) is 19.4. The number of cyclic esters (lactones) is 1. The average Bonchev–Trinajstić information content (AvgIpc) is 3.06. The van der Waals surface area contributed by atoms with Crippen LogP contribution in [0.25, 0.3) is 0 Å². The highest BCUT2D eigenvalue weighted by molar-refractivity contribution is 5.94. The number of hydrogen-bond donors (Lipinski definition) is 0. The highest BCUT2D eigenvalue weighted by Crippen LogP contribution is 2.21. The van der Waals surface area contributed by atoms with Crippen LogP contribution in [0.2, 0.25) is 0 Å². The molecule has 0 N–H and O–H groups in total. The van der Waals surface area contributed by atoms with Crippen LogP contribution >= 0.6 is 0 Å². The van der Waals surface area contributed by atoms with Crippen molar-refractivity contribution in [1.82, 2.24) is 4.90 Å². The predicted molar refractivity (Wildman–Crippen MR) is 102 cm³/mol. The molecule has 0 saturated carbocycles. The van der Waals surface area contributed by atoms with Crippen LogP contribution < -0.4 is 0 Å². The first-order valence-electron chi connectivity index (χ1n) is 9.34. The van der Waals surface area contributed by atoms with Crippen molar-refractivity contribution in [3.63, 3.8) is 0 Å². The van der Waals surface area contributed by atoms with Crippen molar-refractivity contribution in [3.8, 4) is 0 Å². The van der Waals surface area contributed by atoms with Gasteiger partial charge in [-0.1, -0.05) is 67.6 Å². The van der Waals surface area contributed by atoms with Crippen LogP contribution in [-0.4, -0.2) is 36.2 Å². The van der Waals surface area contributed by atoms with Crippen molar-refractivity contribution in [1.29, 1.82) is 0 Å². The first-order chi connectivity index (χ1) is 13.2. The second-order valence-electron chi connectivity index (χ2n) is 6.73. The van der Waals surface area contributed by atoms with Crippen LogP contribution in [0.4, 0.5) is 4.79 Å². The number of amides is 2. The lowest BCUT2D eigenvalue weighted by molar-refractivity contribution is -0.135. The number of ether oxygens (including phenoxy) is 2. The molecule has 2 aromatic rings. The third kappa shape index (κ3) is 4.95. The molecule has 5 heteroatoms. The topological polar surface area (TPSA) is 55.8 Å². The van der Waals surface area contributed by atoms with Gasteiger partial charge < -0.3 is 9.47 Å². The number of nitrogens with zero attached hydrogens (tertiary/aromatic N) is 1. The molecular formula is C22H25NO4. The summed E-state index contributed by atoms with van der Waals surface area (Å²) in [6.45, 7) is 2.90. The fourth-order valence-corrected chi connectivity index (χ4v) is 3.22. The maximum atomic E-state index is 13.0. The molecule has 2 atom stereocenters. The number of benzene rings is 2. The van der Waals surface area contributed by atoms with Crippen LogP contribution in [0.3, 0.4) is 0 Å². The van der Waals surface area contributed by atoms with Crippen molar-refractivity contribution < 1.29 is 19.1 Å². The minimum absolute atomic E-state index is 0.214. The summed E-state index contributed by atoms with van der Waals surface area (Å²) in [4.78, 5) is 26.4. The van der Waals surface area contributed by atoms with E-state index in [1.165, 1.54) is 4.90 Å². The standard InChI is InChI=1S/C22H25NO4/c1-2-19(15-26-14-18-11-7-4-8-12-18)21(24)23-20(16-27-22(23)25)13-17-9-5-3-6-10-17/h3-12,19-20H,2,13-16H2,1H3/t19-,20+/m0/s1. The zero-order valence-electron chi connectivity index (χ0n) is 15.5. The zero-order valence-corrected chi connectivity index (χ0v) is 15.5. The molecule has 1 aliphatic heterocycles. The number of hydrogen-bond acceptors (Lipinski definition) is 4. The Morgan fingerprint density at radius 2 is 1.74 bits per heavy atom. The molecule has 142 valence electrons. The Balaban J connectivity index is 1.60. The van der Waals surface area contributed by atoms with Gasteiger partial charge >= 0.3 is 6.09 Å². The van der Waals surface area contributed by atoms with E-state index in [0.717, 1.165) is 11.1 Å². The molecule has 1 heterocycles. The van der Waals surface area contributed by atoms with Crippen molar-refractivity contribution in [2.45, 2.75) is 32.4 Å². The molecule has 27 heavy (non-hydrogen) atoms. The fourth-order valence-electron chi connectivity index (χ4n) is 3.22. The summed E-state index contributed by atoms with van der Waals surface area (Å²) in [5.41, 5.74) is 2.13. The van der Waals surface area contributed by atoms with Crippen LogP contribution in [0.15, 0.2) is 60.7 Å². The quantitative estimate of drug-likeness (QED) is 0.712. The average molecular weight is 367 g/mol. The second-order valence-corrected chi connectivity index (χ2v) is 6.73. The Morgan fingerprint density at radius 1 is 1.11 bits per heavy atom. The van der Waals surface area contributed by atoms with Gasteiger partial charge in [0.25, 0.3) is 0 Å². The van der Waals surface area contributed by atoms with Gasteiger partial charge in [-0.25, -0.2) is 9.69 Å². The molecule has 0 unspecified atom stereocenters. The largest absolute Gasteiger partial charge is 0.447 e. The Morgan fingerprint density at radius 3 is 2.37 bits per heavy atom. The monoisotopic (exact) mass is 367 g/mol. The fraction of sp³-hybridized carbons (Fsp3) is 0.364. The van der Waals surface area contributed by atoms with Crippen molar-refractivity contribution in [2.24, 2.45) is 5.92 Å². The number of rotatable bonds is 8. The van der Waals surface area contributed by atoms with E-state index in [4.69, 9.17) is 9.47 Å². The van der Waals surface area contributed by atoms with Gasteiger partial charge in [0, 0.05) is 0 Å². The van der Waals surface area contributed by atoms with Crippen LogP contribution in [-0.2, 0) is 27.3 Å². The van der Waals surface area contributed by atoms with Crippen molar-refractivity contribution in [2.75, 3.05) is 13.2 Å². The van der Waals surface area contributed by atoms with E-state index in [0.29, 0.717) is 19.4 Å². The lowest BCUT2D eigenvalue weighted by Gasteiger charge is -2.24. The summed E-state index contributed by atoms with van der Waals surface area (Å²) in [7, 11) is 0. The number of carbonyl (C=O) groups excluding carboxylic acids is 2. The minimum Gasteiger partial charge on any atom is -0.447 e. The minimum atomic E-state index is -0.553. The lowest BCUT2D eigenvalue weighted by atomic mass is 10.0. The Hall–Kier alpha value is -2.66. The van der Waals surface area contributed by atoms with Gasteiger partial charge in [0.15, 0.2) is 0 Å². The maximum Gasteiger partial charge on any atom is 0.416 e. The van der Waals surface area contributed by atoms with Gasteiger partial charge in [-0.15, -0.1) is 0 Å². The van der Waals surface area contributed by atoms with Gasteiger partial charge in [0.05, 0.1) is 25.2 Å². The normalized spacial score (nSPS) is 17.6. The molecule has 1 saturated heterocycles. The number of carbonyl (C=O) groups is 2. The van der Waals surface area contributed by atoms with E-state index < -0.39 is 6.09 Å². The second kappa shape index (κ2) is 9.33. The molecule has 2 aromatic carbocycles. The Kier molecular flexibility index (Phi) is 6.60. The summed E-state index contributed by atoms with van der Waals surface area (Å²) in [5.74, 6) is -0.577. The smallest absolute Gasteiger partial charge is 0.416 e. The summed E-state index contributed by atoms with van der Waals surface area (Å²) in [5, 5.41) is 0. The maximum absolute atomic E-state index is 13.0. The first kappa shape index (κ1) is 19.1. The highest BCUT2D eigenvalue weighted by atomic mass is 16.6. The third-order valence-electron chi connectivity index (χ3n) is 4.79. The van der Waals surface area contributed by atoms with Gasteiger partial charge in [-0.2, -0.15) is 0 Å². The summed E-state index contributed by atoms with van der Waals surface area (Å²) >= 11 is 0. The van der Waals surface area contributed by atoms with Crippen LogP contribution in [0.5, 0.6) is 0 Å². The zero-order chi connectivity index (χ0) is 19.1. The van der Waals surface area contributed by atoms with E-state index in [1.54, 1.807) is 0 Å². The molecule has 0 aliphatic carbocycles. The molecule has 0 radical (unpaired) electrons. The Bertz CT molecular complexity index is 747. The van der Waals surface area contributed by atoms with Crippen molar-refractivity contribution >= 4 is 12.0 Å². The van der Waals surface area contributed by atoms with E-state index >= 15 is 0 Å². The molecule has 1 aliphatic rings. The van der Waals surface area contributed by atoms with E-state index in [-0.39, 0.29) is 31.1 Å². The van der Waals surface area contributed by atoms with Gasteiger partial charge in [0.2, 0.25) is 5.91 Å². The summed E-state index contributed by atoms with van der Waals surface area (Å²) < 4.78 is 10.9. The van der Waals surface area contributed by atoms with E-state index in [1.807, 2.05) is 67.6 Å². The van der Waals surface area contributed by atoms with E-state index in [2.05, 4.69) is 0 Å². The molecule has 0 bridgehead atoms. The van der Waals surface area contributed by atoms with Crippen molar-refractivity contribution in [3.05, 3.63) is 71.8 Å². The molecule has 3 rings (SSSR count). The first-order valence-corrected chi connectivity index (χ1v) is 9.34. The van der Waals surface area contributed by atoms with Crippen LogP contribution in [0.1, 0.15) is 24.5 Å². The molecule has 2 amide bonds. The number of imide groups is 1. The molecule has 1 fully saturated rings. The lowest BCUT2D eigenvalue weighted by Crippen LogP contribution is -2.44. The van der Waals surface area contributed by atoms with E-state index in [9.17, 15) is 9.59 Å². The highest BCUT2D eigenvalue weighted by Gasteiger charge is 2.40. The predicted octanol–water partition coefficient (Wildman–Crippen LogP) is 3.82. The SMILES string of the molecule is CC[C@@H](COCc1ccccc1)C(=O)N1C(=O)OC[C@H]1Cc1ccccc1. The molecular weight excluding hydrogens is 342 g/mol. The molecule has 5 nitrogen and oxygen atoms in total. The van der Waals surface area contributed by atoms with Gasteiger partial charge in [-0.3, -0.25) is 4.79 Å². The molecule has 0 aromatic heterocycles. The Labute approximate surface area is 159 Å². The van der Waals surface area contributed by atoms with Gasteiger partial charge in [0.1, 0.15) is 6.61 Å². The summed E-state index contributed by atoms with van der Waals surface area (Å²) in [6.07, 6.45) is 0.650. The van der Waals surface area contributed by atoms with Crippen LogP contribution in [0, 0.1) is 5.92 Å².